The van der Waals surface area contributed by atoms with Crippen LogP contribution in [0.4, 0.5) is 26.3 Å². The maximum Gasteiger partial charge on any atom is 0.285 e. The highest BCUT2D eigenvalue weighted by Gasteiger charge is 2.58. The molecule has 0 N–H and O–H groups in total. The molecule has 0 unspecified atom stereocenters. The summed E-state index contributed by atoms with van der Waals surface area (Å²) in [5.74, 6) is -9.15. The van der Waals surface area contributed by atoms with Crippen molar-refractivity contribution in [3.63, 3.8) is 0 Å². The molecule has 3 saturated heterocycles. The molecule has 0 radical (unpaired) electrons. The smallest absolute Gasteiger partial charge is 0.285 e. The molecule has 2 saturated carbocycles. The molecule has 3 heterocycles. The van der Waals surface area contributed by atoms with Gasteiger partial charge in [-0.15, -0.1) is 0 Å². The summed E-state index contributed by atoms with van der Waals surface area (Å²) in [6, 6.07) is 4.35. The Morgan fingerprint density at radius 1 is 0.659 bits per heavy atom. The van der Waals surface area contributed by atoms with E-state index in [1.165, 1.54) is 0 Å². The Balaban J connectivity index is 1.23. The molecule has 3 aliphatic heterocycles. The Hall–Kier alpha value is -2.10. The van der Waals surface area contributed by atoms with Crippen molar-refractivity contribution in [2.45, 2.75) is 88.4 Å². The number of hydrogen-bond donors (Lipinski definition) is 0. The van der Waals surface area contributed by atoms with Crippen LogP contribution in [0.15, 0.2) is 24.3 Å². The van der Waals surface area contributed by atoms with Gasteiger partial charge in [0.2, 0.25) is 0 Å². The number of ether oxygens (including phenoxy) is 3. The summed E-state index contributed by atoms with van der Waals surface area (Å²) in [7, 11) is 0. The van der Waals surface area contributed by atoms with Gasteiger partial charge in [0.05, 0.1) is 19.8 Å². The van der Waals surface area contributed by atoms with Crippen LogP contribution < -0.4 is 0 Å². The third kappa shape index (κ3) is 4.99. The lowest BCUT2D eigenvalue weighted by molar-refractivity contribution is -0.489. The average Bonchev–Trinajstić information content (AvgIpc) is 2.99. The van der Waals surface area contributed by atoms with E-state index >= 15 is 0 Å². The van der Waals surface area contributed by atoms with E-state index in [1.54, 1.807) is 0 Å². The fourth-order valence-electron chi connectivity index (χ4n) is 8.16. The first-order valence-corrected chi connectivity index (χ1v) is 14.8. The predicted molar refractivity (Wildman–Crippen MR) is 139 cm³/mol. The van der Waals surface area contributed by atoms with Gasteiger partial charge >= 0.3 is 0 Å². The van der Waals surface area contributed by atoms with Crippen molar-refractivity contribution < 1.29 is 40.6 Å². The van der Waals surface area contributed by atoms with Crippen LogP contribution in [0, 0.1) is 52.2 Å². The van der Waals surface area contributed by atoms with Gasteiger partial charge in [-0.1, -0.05) is 13.3 Å². The van der Waals surface area contributed by atoms with Crippen LogP contribution in [0.1, 0.15) is 88.2 Å². The van der Waals surface area contributed by atoms with Gasteiger partial charge in [-0.05, 0) is 110 Å². The van der Waals surface area contributed by atoms with Crippen molar-refractivity contribution >= 4 is 0 Å². The second-order valence-electron chi connectivity index (χ2n) is 12.8. The van der Waals surface area contributed by atoms with Crippen LogP contribution >= 0.6 is 0 Å². The van der Waals surface area contributed by atoms with Crippen LogP contribution in [0.5, 0.6) is 0 Å². The first-order valence-electron chi connectivity index (χ1n) is 14.8. The Morgan fingerprint density at radius 2 is 1.15 bits per heavy atom. The summed E-state index contributed by atoms with van der Waals surface area (Å²) in [5.41, 5.74) is 0.106. The zero-order valence-corrected chi connectivity index (χ0v) is 23.2. The van der Waals surface area contributed by atoms with Crippen molar-refractivity contribution in [2.24, 2.45) is 17.3 Å². The summed E-state index contributed by atoms with van der Waals surface area (Å²) in [6.45, 7) is 3.85. The van der Waals surface area contributed by atoms with Gasteiger partial charge in [0.25, 0.3) is 5.97 Å². The second-order valence-corrected chi connectivity index (χ2v) is 12.8. The highest BCUT2D eigenvalue weighted by molar-refractivity contribution is 5.31. The third-order valence-electron chi connectivity index (χ3n) is 10.4. The molecule has 2 aromatic carbocycles. The quantitative estimate of drug-likeness (QED) is 0.253. The van der Waals surface area contributed by atoms with E-state index in [0.717, 1.165) is 37.1 Å². The predicted octanol–water partition coefficient (Wildman–Crippen LogP) is 8.44. The molecule has 0 atom stereocenters. The van der Waals surface area contributed by atoms with Crippen LogP contribution in [0.25, 0.3) is 0 Å². The van der Waals surface area contributed by atoms with Crippen molar-refractivity contribution in [1.29, 1.82) is 0 Å². The van der Waals surface area contributed by atoms with E-state index in [1.807, 2.05) is 0 Å². The summed E-state index contributed by atoms with van der Waals surface area (Å²) in [4.78, 5) is 0. The summed E-state index contributed by atoms with van der Waals surface area (Å²) in [6.07, 6.45) is 6.85. The Bertz CT molecular complexity index is 1210. The molecule has 5 fully saturated rings. The molecule has 2 bridgehead atoms. The fourth-order valence-corrected chi connectivity index (χ4v) is 8.16. The van der Waals surface area contributed by atoms with Gasteiger partial charge in [-0.25, -0.2) is 26.3 Å². The largest absolute Gasteiger partial charge is 0.326 e. The van der Waals surface area contributed by atoms with Crippen molar-refractivity contribution in [3.8, 4) is 0 Å². The first kappa shape index (κ1) is 29.0. The second kappa shape index (κ2) is 10.9. The van der Waals surface area contributed by atoms with Crippen molar-refractivity contribution in [1.82, 2.24) is 0 Å². The zero-order chi connectivity index (χ0) is 29.0. The first-order chi connectivity index (χ1) is 19.6. The van der Waals surface area contributed by atoms with E-state index in [-0.39, 0.29) is 23.2 Å². The topological polar surface area (TPSA) is 27.7 Å². The van der Waals surface area contributed by atoms with E-state index in [2.05, 4.69) is 6.92 Å². The van der Waals surface area contributed by atoms with Gasteiger partial charge in [0.1, 0.15) is 0 Å². The summed E-state index contributed by atoms with van der Waals surface area (Å²) in [5, 5.41) is 0. The molecule has 9 heteroatoms. The Labute approximate surface area is 236 Å². The molecule has 5 aliphatic rings. The minimum Gasteiger partial charge on any atom is -0.326 e. The lowest BCUT2D eigenvalue weighted by Gasteiger charge is -2.57. The van der Waals surface area contributed by atoms with Crippen LogP contribution in [-0.2, 0) is 19.6 Å². The zero-order valence-electron chi connectivity index (χ0n) is 23.2. The number of benzene rings is 2. The number of halogens is 6. The molecular weight excluding hydrogens is 546 g/mol. The van der Waals surface area contributed by atoms with Gasteiger partial charge in [0.15, 0.2) is 34.9 Å². The van der Waals surface area contributed by atoms with Crippen molar-refractivity contribution in [2.75, 3.05) is 19.8 Å². The van der Waals surface area contributed by atoms with Crippen molar-refractivity contribution in [3.05, 3.63) is 70.3 Å². The lowest BCUT2D eigenvalue weighted by atomic mass is 9.56. The molecule has 41 heavy (non-hydrogen) atoms. The maximum absolute atomic E-state index is 14.5. The molecule has 0 spiro atoms. The summed E-state index contributed by atoms with van der Waals surface area (Å²) < 4.78 is 103. The average molecular weight is 583 g/mol. The molecule has 0 amide bonds. The molecule has 2 aromatic rings. The van der Waals surface area contributed by atoms with E-state index in [0.29, 0.717) is 82.3 Å². The normalized spacial score (nSPS) is 35.5. The highest BCUT2D eigenvalue weighted by atomic mass is 19.2. The summed E-state index contributed by atoms with van der Waals surface area (Å²) >= 11 is 0. The minimum absolute atomic E-state index is 0.00859. The van der Waals surface area contributed by atoms with Gasteiger partial charge in [0, 0.05) is 11.3 Å². The van der Waals surface area contributed by atoms with Crippen LogP contribution in [0.3, 0.4) is 0 Å². The van der Waals surface area contributed by atoms with Gasteiger partial charge in [-0.2, -0.15) is 0 Å². The minimum atomic E-state index is -1.49. The molecule has 0 aromatic heterocycles. The van der Waals surface area contributed by atoms with E-state index < -0.39 is 46.3 Å². The van der Waals surface area contributed by atoms with Crippen LogP contribution in [0.2, 0.25) is 0 Å². The molecule has 7 rings (SSSR count). The lowest BCUT2D eigenvalue weighted by Crippen LogP contribution is -2.63. The molecule has 224 valence electrons. The fraction of sp³-hybridized carbons (Fsp3) is 0.625. The Kier molecular flexibility index (Phi) is 7.69. The third-order valence-corrected chi connectivity index (χ3v) is 10.4. The van der Waals surface area contributed by atoms with E-state index in [9.17, 15) is 26.3 Å². The molecule has 2 aliphatic carbocycles. The Morgan fingerprint density at radius 3 is 1.63 bits per heavy atom. The van der Waals surface area contributed by atoms with Crippen LogP contribution in [-0.4, -0.2) is 25.8 Å². The van der Waals surface area contributed by atoms with Gasteiger partial charge in [-0.3, -0.25) is 0 Å². The molecule has 3 nitrogen and oxygen atoms in total. The highest BCUT2D eigenvalue weighted by Crippen LogP contribution is 2.56. The number of rotatable bonds is 6. The number of hydrogen-bond acceptors (Lipinski definition) is 3. The SMILES string of the molecule is CCCC12COC(C3CCC(c4cc(F)c(F)c(F)c4)(C4CCC(c5cc(F)c(F)c(F)c5)CC4)CC3)(OC1)OC2. The van der Waals surface area contributed by atoms with Gasteiger partial charge < -0.3 is 14.2 Å². The standard InChI is InChI=1S/C32H36F6O3/c1-2-9-30-16-39-32(40-17-30,41-18-30)22-7-10-31(11-8-22,23-14-26(35)29(38)27(36)15-23)21-5-3-19(4-6-21)20-12-24(33)28(37)25(34)13-20/h12-15,19,21-22H,2-11,16-18H2,1H3. The number of fused-ring (bicyclic) bond motifs is 3. The monoisotopic (exact) mass is 582 g/mol. The van der Waals surface area contributed by atoms with E-state index in [4.69, 9.17) is 14.2 Å². The molecular formula is C32H36F6O3. The maximum atomic E-state index is 14.5.